The van der Waals surface area contributed by atoms with E-state index in [1.54, 1.807) is 18.2 Å². The number of alkyl halides is 2. The van der Waals surface area contributed by atoms with Gasteiger partial charge >= 0.3 is 5.97 Å². The first-order valence-electron chi connectivity index (χ1n) is 7.04. The van der Waals surface area contributed by atoms with Crippen molar-refractivity contribution < 1.29 is 23.1 Å². The maximum atomic E-state index is 12.5. The summed E-state index contributed by atoms with van der Waals surface area (Å²) in [6.45, 7) is 1.37. The molecule has 0 bridgehead atoms. The van der Waals surface area contributed by atoms with Crippen LogP contribution in [0.15, 0.2) is 47.6 Å². The predicted octanol–water partition coefficient (Wildman–Crippen LogP) is 4.23. The first-order chi connectivity index (χ1) is 11.9. The fourth-order valence-electron chi connectivity index (χ4n) is 1.81. The minimum Gasteiger partial charge on any atom is -0.449 e. The molecule has 9 heteroatoms. The molecule has 5 nitrogen and oxygen atoms in total. The Morgan fingerprint density at radius 2 is 2.04 bits per heavy atom. The lowest BCUT2D eigenvalue weighted by Gasteiger charge is -2.14. The Hall–Kier alpha value is -2.19. The molecule has 0 unspecified atom stereocenters. The van der Waals surface area contributed by atoms with E-state index < -0.39 is 23.7 Å². The second-order valence-electron chi connectivity index (χ2n) is 4.78. The van der Waals surface area contributed by atoms with E-state index in [0.29, 0.717) is 10.7 Å². The Morgan fingerprint density at radius 1 is 1.28 bits per heavy atom. The van der Waals surface area contributed by atoms with Gasteiger partial charge in [0.1, 0.15) is 5.03 Å². The van der Waals surface area contributed by atoms with Gasteiger partial charge in [0, 0.05) is 16.9 Å². The van der Waals surface area contributed by atoms with Crippen LogP contribution in [0.3, 0.4) is 0 Å². The van der Waals surface area contributed by atoms with Crippen molar-refractivity contribution in [3.8, 4) is 0 Å². The van der Waals surface area contributed by atoms with E-state index in [9.17, 15) is 18.4 Å². The van der Waals surface area contributed by atoms with Crippen molar-refractivity contribution >= 4 is 40.9 Å². The number of hydrogen-bond donors (Lipinski definition) is 1. The van der Waals surface area contributed by atoms with Crippen LogP contribution in [-0.2, 0) is 9.53 Å². The van der Waals surface area contributed by atoms with Gasteiger partial charge in [0.2, 0.25) is 0 Å². The molecule has 0 saturated heterocycles. The van der Waals surface area contributed by atoms with Crippen LogP contribution in [0.4, 0.5) is 14.5 Å². The summed E-state index contributed by atoms with van der Waals surface area (Å²) in [6, 6.07) is 9.18. The van der Waals surface area contributed by atoms with Crippen LogP contribution in [-0.4, -0.2) is 28.7 Å². The number of ether oxygens (including phenoxy) is 1. The fourth-order valence-corrected chi connectivity index (χ4v) is 2.57. The number of carbonyl (C=O) groups is 2. The molecule has 0 aliphatic heterocycles. The number of amides is 1. The number of halogens is 3. The van der Waals surface area contributed by atoms with Gasteiger partial charge in [0.05, 0.1) is 5.56 Å². The maximum Gasteiger partial charge on any atom is 0.341 e. The number of benzene rings is 1. The number of rotatable bonds is 6. The van der Waals surface area contributed by atoms with Gasteiger partial charge < -0.3 is 10.1 Å². The van der Waals surface area contributed by atoms with Crippen LogP contribution in [0.25, 0.3) is 0 Å². The molecule has 0 aliphatic rings. The molecule has 1 amide bonds. The number of nitrogens with one attached hydrogen (secondary N) is 1. The summed E-state index contributed by atoms with van der Waals surface area (Å²) < 4.78 is 30.1. The molecule has 1 aromatic heterocycles. The van der Waals surface area contributed by atoms with E-state index in [2.05, 4.69) is 10.3 Å². The molecule has 132 valence electrons. The number of esters is 1. The van der Waals surface area contributed by atoms with Gasteiger partial charge in [-0.1, -0.05) is 17.7 Å². The third-order valence-electron chi connectivity index (χ3n) is 2.94. The van der Waals surface area contributed by atoms with E-state index in [0.717, 1.165) is 0 Å². The van der Waals surface area contributed by atoms with Crippen molar-refractivity contribution in [3.05, 3.63) is 53.2 Å². The zero-order valence-electron chi connectivity index (χ0n) is 12.9. The molecule has 0 radical (unpaired) electrons. The van der Waals surface area contributed by atoms with Crippen molar-refractivity contribution in [1.29, 1.82) is 0 Å². The standard InChI is InChI=1S/C16H13ClF2N2O3S/c1-9(13(22)21-11-5-2-4-10(17)8-11)24-15(23)12-6-3-7-20-14(12)25-16(18)19/h2-9,16H,1H3,(H,21,22)/t9-/m1/s1. The number of aromatic nitrogens is 1. The van der Waals surface area contributed by atoms with Crippen molar-refractivity contribution in [3.63, 3.8) is 0 Å². The molecule has 25 heavy (non-hydrogen) atoms. The zero-order valence-corrected chi connectivity index (χ0v) is 14.5. The van der Waals surface area contributed by atoms with E-state index in [1.807, 2.05) is 0 Å². The number of nitrogens with zero attached hydrogens (tertiary/aromatic N) is 1. The first kappa shape index (κ1) is 19.1. The quantitative estimate of drug-likeness (QED) is 0.594. The SMILES string of the molecule is C[C@@H](OC(=O)c1cccnc1SC(F)F)C(=O)Nc1cccc(Cl)c1. The van der Waals surface area contributed by atoms with Crippen LogP contribution in [0.5, 0.6) is 0 Å². The summed E-state index contributed by atoms with van der Waals surface area (Å²) >= 11 is 5.96. The summed E-state index contributed by atoms with van der Waals surface area (Å²) in [7, 11) is 0. The highest BCUT2D eigenvalue weighted by Crippen LogP contribution is 2.27. The van der Waals surface area contributed by atoms with E-state index >= 15 is 0 Å². The molecule has 0 spiro atoms. The van der Waals surface area contributed by atoms with Gasteiger partial charge in [0.15, 0.2) is 6.10 Å². The van der Waals surface area contributed by atoms with E-state index in [-0.39, 0.29) is 22.4 Å². The van der Waals surface area contributed by atoms with Gasteiger partial charge in [-0.2, -0.15) is 8.78 Å². The summed E-state index contributed by atoms with van der Waals surface area (Å²) in [5.41, 5.74) is 0.311. The minimum atomic E-state index is -2.73. The highest BCUT2D eigenvalue weighted by atomic mass is 35.5. The highest BCUT2D eigenvalue weighted by Gasteiger charge is 2.23. The first-order valence-corrected chi connectivity index (χ1v) is 8.30. The number of thioether (sulfide) groups is 1. The smallest absolute Gasteiger partial charge is 0.341 e. The number of carbonyl (C=O) groups excluding carboxylic acids is 2. The largest absolute Gasteiger partial charge is 0.449 e. The van der Waals surface area contributed by atoms with Gasteiger partial charge in [-0.25, -0.2) is 9.78 Å². The lowest BCUT2D eigenvalue weighted by Crippen LogP contribution is -2.30. The topological polar surface area (TPSA) is 68.3 Å². The second kappa shape index (κ2) is 8.77. The molecule has 2 rings (SSSR count). The number of anilines is 1. The van der Waals surface area contributed by atoms with Crippen molar-refractivity contribution in [2.45, 2.75) is 23.8 Å². The Balaban J connectivity index is 2.03. The molecule has 1 aromatic carbocycles. The maximum absolute atomic E-state index is 12.5. The average molecular weight is 387 g/mol. The molecular weight excluding hydrogens is 374 g/mol. The number of hydrogen-bond acceptors (Lipinski definition) is 5. The monoisotopic (exact) mass is 386 g/mol. The Bertz CT molecular complexity index is 777. The van der Waals surface area contributed by atoms with Gasteiger partial charge in [-0.15, -0.1) is 0 Å². The number of pyridine rings is 1. The van der Waals surface area contributed by atoms with Gasteiger partial charge in [0.25, 0.3) is 11.7 Å². The third kappa shape index (κ3) is 5.68. The highest BCUT2D eigenvalue weighted by molar-refractivity contribution is 7.99. The average Bonchev–Trinajstić information content (AvgIpc) is 2.54. The molecule has 1 atom stereocenters. The lowest BCUT2D eigenvalue weighted by atomic mass is 10.2. The van der Waals surface area contributed by atoms with Crippen molar-refractivity contribution in [2.75, 3.05) is 5.32 Å². The Morgan fingerprint density at radius 3 is 2.72 bits per heavy atom. The molecule has 1 heterocycles. The van der Waals surface area contributed by atoms with Crippen molar-refractivity contribution in [1.82, 2.24) is 4.98 Å². The van der Waals surface area contributed by atoms with Crippen LogP contribution >= 0.6 is 23.4 Å². The molecule has 0 saturated carbocycles. The molecule has 1 N–H and O–H groups in total. The Labute approximate surface area is 151 Å². The van der Waals surface area contributed by atoms with E-state index in [1.165, 1.54) is 31.3 Å². The Kier molecular flexibility index (Phi) is 6.72. The van der Waals surface area contributed by atoms with Crippen LogP contribution < -0.4 is 5.32 Å². The summed E-state index contributed by atoms with van der Waals surface area (Å²) in [5, 5.41) is 2.82. The molecule has 2 aromatic rings. The van der Waals surface area contributed by atoms with Crippen LogP contribution in [0.1, 0.15) is 17.3 Å². The summed E-state index contributed by atoms with van der Waals surface area (Å²) in [4.78, 5) is 28.0. The fraction of sp³-hybridized carbons (Fsp3) is 0.188. The van der Waals surface area contributed by atoms with Gasteiger partial charge in [-0.05, 0) is 49.0 Å². The van der Waals surface area contributed by atoms with Gasteiger partial charge in [-0.3, -0.25) is 4.79 Å². The van der Waals surface area contributed by atoms with Crippen molar-refractivity contribution in [2.24, 2.45) is 0 Å². The second-order valence-corrected chi connectivity index (χ2v) is 6.20. The molecular formula is C16H13ClF2N2O3S. The van der Waals surface area contributed by atoms with Crippen LogP contribution in [0, 0.1) is 0 Å². The minimum absolute atomic E-state index is 0.129. The normalized spacial score (nSPS) is 11.9. The van der Waals surface area contributed by atoms with E-state index in [4.69, 9.17) is 16.3 Å². The summed E-state index contributed by atoms with van der Waals surface area (Å²) in [5.74, 6) is -4.22. The summed E-state index contributed by atoms with van der Waals surface area (Å²) in [6.07, 6.45) is 0.146. The third-order valence-corrected chi connectivity index (χ3v) is 3.90. The zero-order chi connectivity index (χ0) is 18.4. The lowest BCUT2D eigenvalue weighted by molar-refractivity contribution is -0.123. The predicted molar refractivity (Wildman–Crippen MR) is 91.1 cm³/mol. The molecule has 0 fully saturated rings. The van der Waals surface area contributed by atoms with Crippen LogP contribution in [0.2, 0.25) is 5.02 Å². The molecule has 0 aliphatic carbocycles.